The number of likely N-dealkylation sites (tertiary alicyclic amines) is 1. The fourth-order valence-electron chi connectivity index (χ4n) is 7.53. The summed E-state index contributed by atoms with van der Waals surface area (Å²) in [5.41, 5.74) is 0.640. The van der Waals surface area contributed by atoms with Crippen molar-refractivity contribution >= 4 is 35.6 Å². The molecule has 2 aliphatic carbocycles. The van der Waals surface area contributed by atoms with Crippen LogP contribution in [0.2, 0.25) is 0 Å². The molecule has 51 heavy (non-hydrogen) atoms. The molecule has 280 valence electrons. The zero-order chi connectivity index (χ0) is 37.9. The van der Waals surface area contributed by atoms with Crippen LogP contribution < -0.4 is 16.0 Å². The molecule has 0 bridgehead atoms. The number of fused-ring (bicyclic) bond motifs is 2. The molecule has 1 aromatic rings. The number of nitrogens with zero attached hydrogens (tertiary/aromatic N) is 1. The van der Waals surface area contributed by atoms with Crippen LogP contribution in [0.25, 0.3) is 0 Å². The molecule has 3 N–H and O–H groups in total. The maximum absolute atomic E-state index is 14.5. The van der Waals surface area contributed by atoms with Crippen LogP contribution in [0.1, 0.15) is 92.2 Å². The number of ketones is 1. The Morgan fingerprint density at radius 1 is 0.941 bits per heavy atom. The third kappa shape index (κ3) is 9.98. The van der Waals surface area contributed by atoms with E-state index in [2.05, 4.69) is 36.4 Å². The van der Waals surface area contributed by atoms with Gasteiger partial charge < -0.3 is 30.3 Å². The van der Waals surface area contributed by atoms with E-state index in [1.54, 1.807) is 46.4 Å². The minimum absolute atomic E-state index is 0.0119. The summed E-state index contributed by atoms with van der Waals surface area (Å²) in [5, 5.41) is 8.20. The molecule has 12 heteroatoms. The Bertz CT molecular complexity index is 1500. The first-order valence-corrected chi connectivity index (χ1v) is 18.1. The zero-order valence-electron chi connectivity index (χ0n) is 31.4. The molecule has 5 atom stereocenters. The van der Waals surface area contributed by atoms with Crippen LogP contribution in [-0.4, -0.2) is 82.9 Å². The number of esters is 1. The van der Waals surface area contributed by atoms with Crippen LogP contribution in [0.4, 0.5) is 4.79 Å². The highest BCUT2D eigenvalue weighted by Crippen LogP contribution is 2.65. The molecule has 1 aliphatic heterocycles. The first kappa shape index (κ1) is 39.6. The van der Waals surface area contributed by atoms with Gasteiger partial charge in [0.2, 0.25) is 17.6 Å². The summed E-state index contributed by atoms with van der Waals surface area (Å²) in [6, 6.07) is 4.90. The Balaban J connectivity index is 1.45. The summed E-state index contributed by atoms with van der Waals surface area (Å²) >= 11 is 0. The molecule has 4 amide bonds. The molecule has 1 aromatic carbocycles. The molecule has 2 fully saturated rings. The number of alkyl carbamates (subject to hydrolysis) is 1. The third-order valence-electron chi connectivity index (χ3n) is 10.0. The van der Waals surface area contributed by atoms with E-state index in [4.69, 9.17) is 9.47 Å². The standard InChI is InChI=1S/C39H56N4O8/c1-10-15-27(32(45)34(47)40-19-14-13-18-28(44)50-37(2,3)4)41-33(46)31-29-26(39(29,8)9)22-43(31)35(48)30(42-36(49)51-38(5,6)7)25-20-23-16-11-12-17-24(23)21-25/h10-12,16-17,25-27,29-31H,1,13-15,18-22H2,2-9H3,(H,40,47)(H,41,46)(H,42,49)/t26-,27?,29-,30-,31-/m0/s1. The van der Waals surface area contributed by atoms with Crippen molar-refractivity contribution in [3.05, 3.63) is 48.0 Å². The maximum atomic E-state index is 14.5. The van der Waals surface area contributed by atoms with Crippen molar-refractivity contribution in [1.82, 2.24) is 20.9 Å². The van der Waals surface area contributed by atoms with Gasteiger partial charge in [-0.3, -0.25) is 24.0 Å². The molecular formula is C39H56N4O8. The van der Waals surface area contributed by atoms with Crippen molar-refractivity contribution in [3.8, 4) is 0 Å². The highest BCUT2D eigenvalue weighted by molar-refractivity contribution is 6.38. The fourth-order valence-corrected chi connectivity index (χ4v) is 7.53. The number of amides is 4. The second kappa shape index (κ2) is 15.6. The quantitative estimate of drug-likeness (QED) is 0.113. The number of hydrogen-bond acceptors (Lipinski definition) is 8. The molecule has 0 radical (unpaired) electrons. The monoisotopic (exact) mass is 708 g/mol. The number of carbonyl (C=O) groups excluding carboxylic acids is 6. The second-order valence-electron chi connectivity index (χ2n) is 16.7. The number of benzene rings is 1. The Morgan fingerprint density at radius 3 is 2.12 bits per heavy atom. The number of unbranched alkanes of at least 4 members (excludes halogenated alkanes) is 1. The Morgan fingerprint density at radius 2 is 1.55 bits per heavy atom. The van der Waals surface area contributed by atoms with Crippen molar-refractivity contribution in [2.24, 2.45) is 23.2 Å². The fraction of sp³-hybridized carbons (Fsp3) is 0.641. The lowest BCUT2D eigenvalue weighted by atomic mass is 9.93. The van der Waals surface area contributed by atoms with Crippen LogP contribution in [0.3, 0.4) is 0 Å². The summed E-state index contributed by atoms with van der Waals surface area (Å²) < 4.78 is 10.8. The molecule has 1 heterocycles. The van der Waals surface area contributed by atoms with Gasteiger partial charge in [0.15, 0.2) is 0 Å². The van der Waals surface area contributed by atoms with E-state index >= 15 is 0 Å². The maximum Gasteiger partial charge on any atom is 0.408 e. The van der Waals surface area contributed by atoms with Crippen molar-refractivity contribution in [1.29, 1.82) is 0 Å². The van der Waals surface area contributed by atoms with Gasteiger partial charge in [-0.25, -0.2) is 4.79 Å². The lowest BCUT2D eigenvalue weighted by Crippen LogP contribution is -2.59. The number of hydrogen-bond donors (Lipinski definition) is 3. The minimum Gasteiger partial charge on any atom is -0.460 e. The van der Waals surface area contributed by atoms with Crippen LogP contribution in [0.5, 0.6) is 0 Å². The van der Waals surface area contributed by atoms with Gasteiger partial charge in [0.1, 0.15) is 29.3 Å². The SMILES string of the molecule is C=CCC(NC(=O)[C@@H]1[C@@H]2[C@H](CN1C(=O)[C@@H](NC(=O)OC(C)(C)C)C1Cc3ccccc3C1)C2(C)C)C(=O)C(=O)NCCCCC(=O)OC(C)(C)C. The summed E-state index contributed by atoms with van der Waals surface area (Å²) in [6.45, 7) is 18.9. The van der Waals surface area contributed by atoms with Gasteiger partial charge in [-0.2, -0.15) is 0 Å². The summed E-state index contributed by atoms with van der Waals surface area (Å²) in [7, 11) is 0. The van der Waals surface area contributed by atoms with Gasteiger partial charge in [-0.1, -0.05) is 44.2 Å². The van der Waals surface area contributed by atoms with Crippen LogP contribution in [0, 0.1) is 23.2 Å². The average Bonchev–Trinajstić information content (AvgIpc) is 3.38. The van der Waals surface area contributed by atoms with E-state index in [1.165, 1.54) is 6.08 Å². The van der Waals surface area contributed by atoms with E-state index in [-0.39, 0.29) is 54.4 Å². The number of rotatable bonds is 14. The topological polar surface area (TPSA) is 160 Å². The van der Waals surface area contributed by atoms with Crippen molar-refractivity contribution in [2.75, 3.05) is 13.1 Å². The molecule has 0 spiro atoms. The third-order valence-corrected chi connectivity index (χ3v) is 10.0. The first-order chi connectivity index (χ1) is 23.7. The number of carbonyl (C=O) groups is 6. The van der Waals surface area contributed by atoms with E-state index in [0.29, 0.717) is 32.2 Å². The molecule has 3 aliphatic rings. The van der Waals surface area contributed by atoms with Crippen LogP contribution >= 0.6 is 0 Å². The van der Waals surface area contributed by atoms with Crippen molar-refractivity contribution in [3.63, 3.8) is 0 Å². The van der Waals surface area contributed by atoms with Crippen LogP contribution in [-0.2, 0) is 46.3 Å². The van der Waals surface area contributed by atoms with E-state index in [1.807, 2.05) is 24.3 Å². The normalized spacial score (nSPS) is 21.7. The van der Waals surface area contributed by atoms with Gasteiger partial charge in [0, 0.05) is 19.5 Å². The molecule has 1 unspecified atom stereocenters. The summed E-state index contributed by atoms with van der Waals surface area (Å²) in [5.74, 6) is -3.29. The Hall–Kier alpha value is -4.22. The number of ether oxygens (including phenoxy) is 2. The smallest absolute Gasteiger partial charge is 0.408 e. The van der Waals surface area contributed by atoms with Crippen molar-refractivity contribution in [2.45, 2.75) is 123 Å². The van der Waals surface area contributed by atoms with Crippen molar-refractivity contribution < 1.29 is 38.2 Å². The van der Waals surface area contributed by atoms with Gasteiger partial charge in [-0.15, -0.1) is 6.58 Å². The molecule has 0 aromatic heterocycles. The summed E-state index contributed by atoms with van der Waals surface area (Å²) in [4.78, 5) is 81.3. The molecule has 1 saturated heterocycles. The Kier molecular flexibility index (Phi) is 12.1. The van der Waals surface area contributed by atoms with E-state index in [0.717, 1.165) is 11.1 Å². The molecule has 1 saturated carbocycles. The first-order valence-electron chi connectivity index (χ1n) is 18.1. The van der Waals surface area contributed by atoms with E-state index < -0.39 is 53.0 Å². The zero-order valence-corrected chi connectivity index (χ0v) is 31.4. The molecular weight excluding hydrogens is 652 g/mol. The predicted molar refractivity (Wildman–Crippen MR) is 191 cm³/mol. The highest BCUT2D eigenvalue weighted by Gasteiger charge is 2.69. The lowest BCUT2D eigenvalue weighted by Gasteiger charge is -2.35. The molecule has 4 rings (SSSR count). The van der Waals surface area contributed by atoms with Gasteiger partial charge >= 0.3 is 12.1 Å². The average molecular weight is 709 g/mol. The number of Topliss-reactive ketones (excluding diaryl/α,β-unsaturated/α-hetero) is 1. The second-order valence-corrected chi connectivity index (χ2v) is 16.7. The Labute approximate surface area is 301 Å². The largest absolute Gasteiger partial charge is 0.460 e. The number of piperidine rings is 1. The minimum atomic E-state index is -1.19. The van der Waals surface area contributed by atoms with Gasteiger partial charge in [0.25, 0.3) is 5.91 Å². The molecule has 12 nitrogen and oxygen atoms in total. The highest BCUT2D eigenvalue weighted by atomic mass is 16.6. The van der Waals surface area contributed by atoms with Crippen LogP contribution in [0.15, 0.2) is 36.9 Å². The van der Waals surface area contributed by atoms with Gasteiger partial charge in [0.05, 0.1) is 0 Å². The lowest BCUT2D eigenvalue weighted by molar-refractivity contribution is -0.155. The summed E-state index contributed by atoms with van der Waals surface area (Å²) in [6.07, 6.45) is 3.03. The number of nitrogens with one attached hydrogen (secondary N) is 3. The predicted octanol–water partition coefficient (Wildman–Crippen LogP) is 4.04. The van der Waals surface area contributed by atoms with E-state index in [9.17, 15) is 28.8 Å². The van der Waals surface area contributed by atoms with Gasteiger partial charge in [-0.05, 0) is 108 Å².